The highest BCUT2D eigenvalue weighted by molar-refractivity contribution is 5.87. The molecule has 0 radical (unpaired) electrons. The lowest BCUT2D eigenvalue weighted by molar-refractivity contribution is -0.163. The largest absolute Gasteiger partial charge is 0.480 e. The Morgan fingerprint density at radius 3 is 2.75 bits per heavy atom. The summed E-state index contributed by atoms with van der Waals surface area (Å²) in [4.78, 5) is 24.3. The number of aliphatic carboxylic acids is 1. The number of likely N-dealkylation sites (tertiary alicyclic amines) is 1. The highest BCUT2D eigenvalue weighted by Gasteiger charge is 2.38. The fourth-order valence-electron chi connectivity index (χ4n) is 2.10. The molecule has 2 heterocycles. The number of rotatable bonds is 2. The third-order valence-electron chi connectivity index (χ3n) is 2.91. The highest BCUT2D eigenvalue weighted by Crippen LogP contribution is 2.19. The summed E-state index contributed by atoms with van der Waals surface area (Å²) in [6.45, 7) is 1.60. The molecule has 90 valence electrons. The number of ether oxygens (including phenoxy) is 2. The first-order chi connectivity index (χ1) is 7.70. The number of carbonyl (C=O) groups is 2. The van der Waals surface area contributed by atoms with Crippen molar-refractivity contribution in [2.24, 2.45) is 0 Å². The normalized spacial score (nSPS) is 30.4. The van der Waals surface area contributed by atoms with E-state index in [0.29, 0.717) is 26.2 Å². The van der Waals surface area contributed by atoms with Gasteiger partial charge in [-0.3, -0.25) is 4.79 Å². The molecule has 6 nitrogen and oxygen atoms in total. The summed E-state index contributed by atoms with van der Waals surface area (Å²) in [5, 5.41) is 8.96. The van der Waals surface area contributed by atoms with Crippen LogP contribution in [0.15, 0.2) is 0 Å². The van der Waals surface area contributed by atoms with E-state index >= 15 is 0 Å². The van der Waals surface area contributed by atoms with Crippen LogP contribution in [0.1, 0.15) is 12.8 Å². The van der Waals surface area contributed by atoms with E-state index in [9.17, 15) is 9.59 Å². The Hall–Kier alpha value is -1.14. The van der Waals surface area contributed by atoms with E-state index in [4.69, 9.17) is 14.6 Å². The van der Waals surface area contributed by atoms with Gasteiger partial charge in [-0.15, -0.1) is 0 Å². The molecule has 0 aromatic heterocycles. The van der Waals surface area contributed by atoms with Crippen LogP contribution in [0.4, 0.5) is 0 Å². The van der Waals surface area contributed by atoms with Gasteiger partial charge in [0.25, 0.3) is 5.91 Å². The van der Waals surface area contributed by atoms with Crippen molar-refractivity contribution in [1.29, 1.82) is 0 Å². The van der Waals surface area contributed by atoms with Crippen molar-refractivity contribution in [2.75, 3.05) is 26.4 Å². The Balaban J connectivity index is 1.99. The van der Waals surface area contributed by atoms with Crippen molar-refractivity contribution in [2.45, 2.75) is 25.0 Å². The number of nitrogens with zero attached hydrogens (tertiary/aromatic N) is 1. The molecule has 2 rings (SSSR count). The Labute approximate surface area is 93.1 Å². The van der Waals surface area contributed by atoms with Crippen molar-refractivity contribution >= 4 is 11.9 Å². The average molecular weight is 229 g/mol. The van der Waals surface area contributed by atoms with Crippen molar-refractivity contribution in [1.82, 2.24) is 4.90 Å². The molecule has 0 spiro atoms. The lowest BCUT2D eigenvalue weighted by Gasteiger charge is -2.28. The Morgan fingerprint density at radius 2 is 2.12 bits per heavy atom. The van der Waals surface area contributed by atoms with E-state index in [2.05, 4.69) is 0 Å². The first-order valence-corrected chi connectivity index (χ1v) is 5.43. The lowest BCUT2D eigenvalue weighted by Crippen LogP contribution is -2.49. The van der Waals surface area contributed by atoms with Gasteiger partial charge >= 0.3 is 5.97 Å². The third kappa shape index (κ3) is 2.17. The van der Waals surface area contributed by atoms with Crippen LogP contribution in [0.5, 0.6) is 0 Å². The molecule has 0 bridgehead atoms. The Bertz CT molecular complexity index is 287. The molecule has 0 aromatic rings. The predicted octanol–water partition coefficient (Wildman–Crippen LogP) is -0.523. The second-order valence-electron chi connectivity index (χ2n) is 3.96. The van der Waals surface area contributed by atoms with E-state index in [1.54, 1.807) is 0 Å². The van der Waals surface area contributed by atoms with Crippen LogP contribution < -0.4 is 0 Å². The van der Waals surface area contributed by atoms with Crippen LogP contribution in [0.2, 0.25) is 0 Å². The molecule has 0 aliphatic carbocycles. The van der Waals surface area contributed by atoms with Crippen molar-refractivity contribution in [3.63, 3.8) is 0 Å². The number of carboxylic acids is 1. The molecule has 0 aromatic carbocycles. The van der Waals surface area contributed by atoms with E-state index in [0.717, 1.165) is 6.42 Å². The fourth-order valence-corrected chi connectivity index (χ4v) is 2.10. The number of hydrogen-bond donors (Lipinski definition) is 1. The zero-order valence-electron chi connectivity index (χ0n) is 8.92. The van der Waals surface area contributed by atoms with Gasteiger partial charge in [-0.05, 0) is 12.8 Å². The topological polar surface area (TPSA) is 76.1 Å². The van der Waals surface area contributed by atoms with Crippen LogP contribution in [0.3, 0.4) is 0 Å². The SMILES string of the molecule is O=C(O)C1CCCN1C(=O)C1COCCO1. The Kier molecular flexibility index (Phi) is 3.40. The molecule has 2 saturated heterocycles. The molecule has 1 amide bonds. The first-order valence-electron chi connectivity index (χ1n) is 5.43. The van der Waals surface area contributed by atoms with Crippen molar-refractivity contribution < 1.29 is 24.2 Å². The molecular weight excluding hydrogens is 214 g/mol. The summed E-state index contributed by atoms with van der Waals surface area (Å²) in [6, 6.07) is -0.696. The van der Waals surface area contributed by atoms with Gasteiger partial charge in [0.1, 0.15) is 6.04 Å². The van der Waals surface area contributed by atoms with Gasteiger partial charge in [-0.1, -0.05) is 0 Å². The molecule has 6 heteroatoms. The average Bonchev–Trinajstić information content (AvgIpc) is 2.78. The molecule has 2 aliphatic heterocycles. The minimum atomic E-state index is -0.942. The fraction of sp³-hybridized carbons (Fsp3) is 0.800. The number of carboxylic acid groups (broad SMARTS) is 1. The third-order valence-corrected chi connectivity index (χ3v) is 2.91. The van der Waals surface area contributed by atoms with Gasteiger partial charge in [0.15, 0.2) is 6.10 Å². The maximum atomic E-state index is 12.0. The van der Waals surface area contributed by atoms with Crippen LogP contribution >= 0.6 is 0 Å². The second-order valence-corrected chi connectivity index (χ2v) is 3.96. The van der Waals surface area contributed by atoms with Crippen LogP contribution in [-0.2, 0) is 19.1 Å². The minimum absolute atomic E-state index is 0.224. The molecule has 2 unspecified atom stereocenters. The summed E-state index contributed by atoms with van der Waals surface area (Å²) < 4.78 is 10.4. The van der Waals surface area contributed by atoms with E-state index in [1.807, 2.05) is 0 Å². The van der Waals surface area contributed by atoms with Crippen molar-refractivity contribution in [3.05, 3.63) is 0 Å². The molecular formula is C10H15NO5. The van der Waals surface area contributed by atoms with Gasteiger partial charge in [0, 0.05) is 6.54 Å². The second kappa shape index (κ2) is 4.80. The zero-order valence-corrected chi connectivity index (χ0v) is 8.92. The standard InChI is InChI=1S/C10H15NO5/c12-9(8-6-15-4-5-16-8)11-3-1-2-7(11)10(13)14/h7-8H,1-6H2,(H,13,14). The predicted molar refractivity (Wildman–Crippen MR) is 52.9 cm³/mol. The molecule has 2 fully saturated rings. The van der Waals surface area contributed by atoms with Crippen LogP contribution in [0.25, 0.3) is 0 Å². The Morgan fingerprint density at radius 1 is 1.31 bits per heavy atom. The maximum Gasteiger partial charge on any atom is 0.326 e. The van der Waals surface area contributed by atoms with Gasteiger partial charge in [0.2, 0.25) is 0 Å². The van der Waals surface area contributed by atoms with Crippen LogP contribution in [0, 0.1) is 0 Å². The molecule has 2 atom stereocenters. The number of amides is 1. The first kappa shape index (κ1) is 11.3. The van der Waals surface area contributed by atoms with E-state index in [1.165, 1.54) is 4.90 Å². The lowest BCUT2D eigenvalue weighted by atomic mass is 10.2. The van der Waals surface area contributed by atoms with Crippen molar-refractivity contribution in [3.8, 4) is 0 Å². The maximum absolute atomic E-state index is 12.0. The zero-order chi connectivity index (χ0) is 11.5. The molecule has 0 saturated carbocycles. The smallest absolute Gasteiger partial charge is 0.326 e. The summed E-state index contributed by atoms with van der Waals surface area (Å²) >= 11 is 0. The van der Waals surface area contributed by atoms with Gasteiger partial charge in [-0.2, -0.15) is 0 Å². The number of hydrogen-bond acceptors (Lipinski definition) is 4. The van der Waals surface area contributed by atoms with Gasteiger partial charge in [-0.25, -0.2) is 4.79 Å². The molecule has 2 aliphatic rings. The van der Waals surface area contributed by atoms with Gasteiger partial charge < -0.3 is 19.5 Å². The highest BCUT2D eigenvalue weighted by atomic mass is 16.6. The summed E-state index contributed by atoms with van der Waals surface area (Å²) in [5.41, 5.74) is 0. The number of carbonyl (C=O) groups excluding carboxylic acids is 1. The minimum Gasteiger partial charge on any atom is -0.480 e. The van der Waals surface area contributed by atoms with E-state index < -0.39 is 18.1 Å². The quantitative estimate of drug-likeness (QED) is 0.689. The summed E-state index contributed by atoms with van der Waals surface area (Å²) in [6.07, 6.45) is 0.624. The monoisotopic (exact) mass is 229 g/mol. The molecule has 16 heavy (non-hydrogen) atoms. The van der Waals surface area contributed by atoms with E-state index in [-0.39, 0.29) is 12.5 Å². The van der Waals surface area contributed by atoms with Gasteiger partial charge in [0.05, 0.1) is 19.8 Å². The molecule has 1 N–H and O–H groups in total. The van der Waals surface area contributed by atoms with Crippen LogP contribution in [-0.4, -0.2) is 60.4 Å². The summed E-state index contributed by atoms with van der Waals surface area (Å²) in [5.74, 6) is -1.20. The summed E-state index contributed by atoms with van der Waals surface area (Å²) in [7, 11) is 0.